The fraction of sp³-hybridized carbons (Fsp3) is 0.250. The number of rotatable bonds is 6. The van der Waals surface area contributed by atoms with Gasteiger partial charge in [-0.1, -0.05) is 23.7 Å². The van der Waals surface area contributed by atoms with Gasteiger partial charge in [-0.15, -0.1) is 0 Å². The molecule has 37 heavy (non-hydrogen) atoms. The van der Waals surface area contributed by atoms with E-state index in [1.54, 1.807) is 42.2 Å². The number of aryl methyl sites for hydroxylation is 1. The van der Waals surface area contributed by atoms with Crippen LogP contribution in [0.25, 0.3) is 17.4 Å². The average Bonchev–Trinajstić information content (AvgIpc) is 3.38. The molecule has 9 heteroatoms. The standard InChI is InChI=1S/C28H28ClN3O5/c1-18-4-5-20(16-23(18)29)26-10-7-22(37-26)8-11-27(34)30-24-17-21(28(35)36-3)6-9-25(24)32-14-12-31(13-15-32)19(2)33/h4-11,16-17H,12-15H2,1-3H3,(H,30,34)/b11-8+. The minimum absolute atomic E-state index is 0.0333. The molecule has 1 fully saturated rings. The number of nitrogens with zero attached hydrogens (tertiary/aromatic N) is 2. The predicted molar refractivity (Wildman–Crippen MR) is 144 cm³/mol. The highest BCUT2D eigenvalue weighted by Gasteiger charge is 2.22. The molecule has 8 nitrogen and oxygen atoms in total. The van der Waals surface area contributed by atoms with Crippen molar-refractivity contribution in [2.24, 2.45) is 0 Å². The number of hydrogen-bond acceptors (Lipinski definition) is 6. The summed E-state index contributed by atoms with van der Waals surface area (Å²) < 4.78 is 10.7. The number of halogens is 1. The molecule has 0 aliphatic carbocycles. The van der Waals surface area contributed by atoms with Gasteiger partial charge in [0.05, 0.1) is 24.0 Å². The largest absolute Gasteiger partial charge is 0.465 e. The Kier molecular flexibility index (Phi) is 7.98. The van der Waals surface area contributed by atoms with Gasteiger partial charge >= 0.3 is 5.97 Å². The fourth-order valence-corrected chi connectivity index (χ4v) is 4.28. The predicted octanol–water partition coefficient (Wildman–Crippen LogP) is 5.02. The number of benzene rings is 2. The zero-order valence-electron chi connectivity index (χ0n) is 20.9. The Balaban J connectivity index is 1.50. The molecule has 4 rings (SSSR count). The third-order valence-corrected chi connectivity index (χ3v) is 6.63. The first-order chi connectivity index (χ1) is 17.7. The maximum atomic E-state index is 12.8. The van der Waals surface area contributed by atoms with Crippen LogP contribution in [-0.4, -0.2) is 56.0 Å². The molecule has 2 amide bonds. The molecule has 3 aromatic rings. The van der Waals surface area contributed by atoms with Crippen molar-refractivity contribution in [2.45, 2.75) is 13.8 Å². The lowest BCUT2D eigenvalue weighted by atomic mass is 10.1. The van der Waals surface area contributed by atoms with Crippen LogP contribution in [0.3, 0.4) is 0 Å². The smallest absolute Gasteiger partial charge is 0.337 e. The van der Waals surface area contributed by atoms with Gasteiger partial charge in [-0.3, -0.25) is 9.59 Å². The van der Waals surface area contributed by atoms with Crippen LogP contribution in [0.2, 0.25) is 5.02 Å². The second-order valence-electron chi connectivity index (χ2n) is 8.71. The number of ether oxygens (including phenoxy) is 1. The van der Waals surface area contributed by atoms with Crippen LogP contribution in [0.1, 0.15) is 28.6 Å². The molecular formula is C28H28ClN3O5. The van der Waals surface area contributed by atoms with Gasteiger partial charge in [-0.25, -0.2) is 4.79 Å². The summed E-state index contributed by atoms with van der Waals surface area (Å²) in [5, 5.41) is 3.52. The zero-order valence-corrected chi connectivity index (χ0v) is 21.7. The van der Waals surface area contributed by atoms with Gasteiger partial charge in [0.1, 0.15) is 11.5 Å². The lowest BCUT2D eigenvalue weighted by Crippen LogP contribution is -2.48. The normalized spacial score (nSPS) is 13.6. The van der Waals surface area contributed by atoms with Crippen molar-refractivity contribution in [3.8, 4) is 11.3 Å². The van der Waals surface area contributed by atoms with E-state index in [1.807, 2.05) is 31.2 Å². The van der Waals surface area contributed by atoms with Crippen LogP contribution in [0.15, 0.2) is 59.0 Å². The van der Waals surface area contributed by atoms with Crippen LogP contribution in [0, 0.1) is 6.92 Å². The molecule has 2 aromatic carbocycles. The summed E-state index contributed by atoms with van der Waals surface area (Å²) in [6.07, 6.45) is 2.94. The highest BCUT2D eigenvalue weighted by atomic mass is 35.5. The lowest BCUT2D eigenvalue weighted by Gasteiger charge is -2.36. The van der Waals surface area contributed by atoms with Crippen molar-refractivity contribution in [3.63, 3.8) is 0 Å². The maximum absolute atomic E-state index is 12.8. The van der Waals surface area contributed by atoms with E-state index in [0.717, 1.165) is 16.8 Å². The third kappa shape index (κ3) is 6.21. The number of anilines is 2. The average molecular weight is 522 g/mol. The van der Waals surface area contributed by atoms with Crippen molar-refractivity contribution >= 4 is 46.8 Å². The summed E-state index contributed by atoms with van der Waals surface area (Å²) in [4.78, 5) is 40.5. The summed E-state index contributed by atoms with van der Waals surface area (Å²) >= 11 is 6.22. The Hall–Kier alpha value is -4.04. The maximum Gasteiger partial charge on any atom is 0.337 e. The Morgan fingerprint density at radius 1 is 1.03 bits per heavy atom. The van der Waals surface area contributed by atoms with Crippen molar-refractivity contribution in [1.82, 2.24) is 4.90 Å². The Morgan fingerprint density at radius 2 is 1.78 bits per heavy atom. The van der Waals surface area contributed by atoms with E-state index in [0.29, 0.717) is 54.0 Å². The fourth-order valence-electron chi connectivity index (χ4n) is 4.09. The minimum Gasteiger partial charge on any atom is -0.465 e. The molecule has 0 radical (unpaired) electrons. The number of nitrogens with one attached hydrogen (secondary N) is 1. The van der Waals surface area contributed by atoms with Crippen molar-refractivity contribution in [1.29, 1.82) is 0 Å². The van der Waals surface area contributed by atoms with Gasteiger partial charge in [0.2, 0.25) is 11.8 Å². The SMILES string of the molecule is COC(=O)c1ccc(N2CCN(C(C)=O)CC2)c(NC(=O)/C=C/c2ccc(-c3ccc(C)c(Cl)c3)o2)c1. The van der Waals surface area contributed by atoms with Crippen LogP contribution < -0.4 is 10.2 Å². The molecule has 192 valence electrons. The molecule has 1 aliphatic heterocycles. The molecule has 1 N–H and O–H groups in total. The molecule has 2 heterocycles. The van der Waals surface area contributed by atoms with E-state index in [9.17, 15) is 14.4 Å². The summed E-state index contributed by atoms with van der Waals surface area (Å²) in [5.74, 6) is 0.289. The van der Waals surface area contributed by atoms with E-state index >= 15 is 0 Å². The number of methoxy groups -OCH3 is 1. The minimum atomic E-state index is -0.502. The number of esters is 1. The van der Waals surface area contributed by atoms with Crippen molar-refractivity contribution in [3.05, 3.63) is 76.5 Å². The summed E-state index contributed by atoms with van der Waals surface area (Å²) in [6, 6.07) is 14.3. The number of piperazine rings is 1. The number of furan rings is 1. The van der Waals surface area contributed by atoms with Gasteiger partial charge < -0.3 is 24.3 Å². The number of carbonyl (C=O) groups excluding carboxylic acids is 3. The van der Waals surface area contributed by atoms with E-state index in [1.165, 1.54) is 13.2 Å². The van der Waals surface area contributed by atoms with Gasteiger partial charge in [0, 0.05) is 49.8 Å². The molecule has 1 saturated heterocycles. The van der Waals surface area contributed by atoms with Crippen LogP contribution in [0.4, 0.5) is 11.4 Å². The molecule has 0 atom stereocenters. The first-order valence-corrected chi connectivity index (χ1v) is 12.2. The Bertz CT molecular complexity index is 1360. The van der Waals surface area contributed by atoms with Crippen molar-refractivity contribution < 1.29 is 23.5 Å². The van der Waals surface area contributed by atoms with E-state index in [2.05, 4.69) is 10.2 Å². The summed E-state index contributed by atoms with van der Waals surface area (Å²) in [6.45, 7) is 5.85. The molecular weight excluding hydrogens is 494 g/mol. The first-order valence-electron chi connectivity index (χ1n) is 11.8. The quantitative estimate of drug-likeness (QED) is 0.362. The van der Waals surface area contributed by atoms with Gasteiger partial charge in [0.15, 0.2) is 0 Å². The van der Waals surface area contributed by atoms with Crippen LogP contribution in [-0.2, 0) is 14.3 Å². The Labute approximate surface area is 220 Å². The van der Waals surface area contributed by atoms with Gasteiger partial charge in [-0.05, 0) is 55.0 Å². The van der Waals surface area contributed by atoms with Gasteiger partial charge in [0.25, 0.3) is 0 Å². The zero-order chi connectivity index (χ0) is 26.5. The third-order valence-electron chi connectivity index (χ3n) is 6.22. The number of carbonyl (C=O) groups is 3. The molecule has 1 aromatic heterocycles. The topological polar surface area (TPSA) is 92.1 Å². The summed E-state index contributed by atoms with van der Waals surface area (Å²) in [7, 11) is 1.31. The monoisotopic (exact) mass is 521 g/mol. The molecule has 0 bridgehead atoms. The number of amides is 2. The Morgan fingerprint density at radius 3 is 2.46 bits per heavy atom. The molecule has 1 aliphatic rings. The lowest BCUT2D eigenvalue weighted by molar-refractivity contribution is -0.129. The molecule has 0 unspecified atom stereocenters. The number of hydrogen-bond donors (Lipinski definition) is 1. The van der Waals surface area contributed by atoms with Crippen LogP contribution >= 0.6 is 11.6 Å². The highest BCUT2D eigenvalue weighted by Crippen LogP contribution is 2.30. The van der Waals surface area contributed by atoms with E-state index in [-0.39, 0.29) is 11.8 Å². The molecule has 0 spiro atoms. The second kappa shape index (κ2) is 11.3. The van der Waals surface area contributed by atoms with E-state index < -0.39 is 5.97 Å². The second-order valence-corrected chi connectivity index (χ2v) is 9.11. The molecule has 0 saturated carbocycles. The van der Waals surface area contributed by atoms with Crippen LogP contribution in [0.5, 0.6) is 0 Å². The highest BCUT2D eigenvalue weighted by molar-refractivity contribution is 6.31. The van der Waals surface area contributed by atoms with E-state index in [4.69, 9.17) is 20.8 Å². The van der Waals surface area contributed by atoms with Crippen molar-refractivity contribution in [2.75, 3.05) is 43.5 Å². The summed E-state index contributed by atoms with van der Waals surface area (Å²) in [5.41, 5.74) is 3.37. The first kappa shape index (κ1) is 26.0. The van der Waals surface area contributed by atoms with Gasteiger partial charge in [-0.2, -0.15) is 0 Å².